The quantitative estimate of drug-likeness (QED) is 0.791. The number of benzene rings is 2. The summed E-state index contributed by atoms with van der Waals surface area (Å²) < 4.78 is 0. The fourth-order valence-corrected chi connectivity index (χ4v) is 2.35. The molecule has 0 aliphatic rings. The van der Waals surface area contributed by atoms with Gasteiger partial charge in [0.1, 0.15) is 0 Å². The fraction of sp³-hybridized carbons (Fsp3) is 0.200. The van der Waals surface area contributed by atoms with Crippen molar-refractivity contribution in [3.05, 3.63) is 70.8 Å². The zero-order valence-electron chi connectivity index (χ0n) is 14.5. The zero-order chi connectivity index (χ0) is 18.4. The van der Waals surface area contributed by atoms with Crippen LogP contribution in [-0.4, -0.2) is 17.4 Å². The number of halogens is 1. The van der Waals surface area contributed by atoms with E-state index in [1.807, 2.05) is 32.9 Å². The summed E-state index contributed by atoms with van der Waals surface area (Å²) in [6.07, 6.45) is 3.07. The van der Waals surface area contributed by atoms with Crippen molar-refractivity contribution in [2.24, 2.45) is 0 Å². The Labute approximate surface area is 152 Å². The normalized spacial score (nSPS) is 11.4. The summed E-state index contributed by atoms with van der Waals surface area (Å²) in [7, 11) is 0. The number of carbonyl (C=O) groups is 2. The molecule has 2 amide bonds. The Kier molecular flexibility index (Phi) is 5.99. The molecule has 0 fully saturated rings. The molecule has 2 aromatic rings. The van der Waals surface area contributed by atoms with Crippen LogP contribution in [0.4, 0.5) is 5.69 Å². The minimum atomic E-state index is -0.360. The minimum Gasteiger partial charge on any atom is -0.347 e. The van der Waals surface area contributed by atoms with E-state index in [0.717, 1.165) is 5.56 Å². The molecule has 0 atom stereocenters. The second-order valence-electron chi connectivity index (χ2n) is 6.63. The van der Waals surface area contributed by atoms with E-state index in [4.69, 9.17) is 11.6 Å². The smallest absolute Gasteiger partial charge is 0.253 e. The molecule has 0 bridgehead atoms. The van der Waals surface area contributed by atoms with Gasteiger partial charge in [0, 0.05) is 16.6 Å². The van der Waals surface area contributed by atoms with Gasteiger partial charge in [-0.2, -0.15) is 0 Å². The molecule has 0 aliphatic carbocycles. The molecule has 0 spiro atoms. The van der Waals surface area contributed by atoms with Crippen LogP contribution in [0.25, 0.3) is 6.08 Å². The molecule has 0 radical (unpaired) electrons. The van der Waals surface area contributed by atoms with Crippen molar-refractivity contribution in [1.29, 1.82) is 0 Å². The maximum absolute atomic E-state index is 12.4. The highest BCUT2D eigenvalue weighted by molar-refractivity contribution is 6.30. The molecule has 0 aliphatic heterocycles. The third kappa shape index (κ3) is 6.08. The van der Waals surface area contributed by atoms with Gasteiger partial charge in [-0.3, -0.25) is 9.59 Å². The van der Waals surface area contributed by atoms with Gasteiger partial charge in [0.2, 0.25) is 5.91 Å². The Morgan fingerprint density at radius 1 is 1.04 bits per heavy atom. The molecule has 4 nitrogen and oxygen atoms in total. The van der Waals surface area contributed by atoms with Gasteiger partial charge in [0.05, 0.1) is 11.3 Å². The first-order valence-corrected chi connectivity index (χ1v) is 8.28. The Hall–Kier alpha value is -2.59. The summed E-state index contributed by atoms with van der Waals surface area (Å²) in [5.41, 5.74) is 1.34. The molecule has 0 aromatic heterocycles. The highest BCUT2D eigenvalue weighted by atomic mass is 35.5. The maximum atomic E-state index is 12.4. The predicted molar refractivity (Wildman–Crippen MR) is 103 cm³/mol. The largest absolute Gasteiger partial charge is 0.347 e. The van der Waals surface area contributed by atoms with Crippen molar-refractivity contribution < 1.29 is 9.59 Å². The maximum Gasteiger partial charge on any atom is 0.253 e. The first-order chi connectivity index (χ1) is 11.7. The first kappa shape index (κ1) is 18.7. The molecule has 0 saturated heterocycles. The molecular weight excluding hydrogens is 336 g/mol. The number of nitrogens with one attached hydrogen (secondary N) is 2. The topological polar surface area (TPSA) is 58.2 Å². The fourth-order valence-electron chi connectivity index (χ4n) is 2.15. The molecule has 0 unspecified atom stereocenters. The summed E-state index contributed by atoms with van der Waals surface area (Å²) >= 11 is 5.92. The summed E-state index contributed by atoms with van der Waals surface area (Å²) in [6.45, 7) is 5.71. The van der Waals surface area contributed by atoms with Gasteiger partial charge in [-0.15, -0.1) is 0 Å². The number of anilines is 1. The van der Waals surface area contributed by atoms with Crippen molar-refractivity contribution in [3.63, 3.8) is 0 Å². The SMILES string of the molecule is CC(C)(C)NC(=O)c1ccccc1NC(=O)/C=C/c1cccc(Cl)c1. The molecule has 2 aromatic carbocycles. The Morgan fingerprint density at radius 2 is 1.76 bits per heavy atom. The van der Waals surface area contributed by atoms with Crippen LogP contribution >= 0.6 is 11.6 Å². The number of rotatable bonds is 4. The number of amides is 2. The third-order valence-corrected chi connectivity index (χ3v) is 3.43. The predicted octanol–water partition coefficient (Wildman–Crippen LogP) is 4.52. The molecular formula is C20H21ClN2O2. The Bertz CT molecular complexity index is 807. The van der Waals surface area contributed by atoms with Gasteiger partial charge in [0.25, 0.3) is 5.91 Å². The molecule has 0 heterocycles. The van der Waals surface area contributed by atoms with E-state index in [2.05, 4.69) is 10.6 Å². The lowest BCUT2D eigenvalue weighted by molar-refractivity contribution is -0.111. The lowest BCUT2D eigenvalue weighted by Gasteiger charge is -2.21. The van der Waals surface area contributed by atoms with Gasteiger partial charge >= 0.3 is 0 Å². The van der Waals surface area contributed by atoms with Crippen LogP contribution in [0.5, 0.6) is 0 Å². The second kappa shape index (κ2) is 7.99. The zero-order valence-corrected chi connectivity index (χ0v) is 15.2. The van der Waals surface area contributed by atoms with Crippen molar-refractivity contribution in [3.8, 4) is 0 Å². The van der Waals surface area contributed by atoms with E-state index < -0.39 is 0 Å². The van der Waals surface area contributed by atoms with Crippen molar-refractivity contribution in [1.82, 2.24) is 5.32 Å². The summed E-state index contributed by atoms with van der Waals surface area (Å²) in [6, 6.07) is 14.1. The van der Waals surface area contributed by atoms with E-state index in [-0.39, 0.29) is 17.4 Å². The van der Waals surface area contributed by atoms with E-state index in [0.29, 0.717) is 16.3 Å². The molecule has 0 saturated carbocycles. The molecule has 5 heteroatoms. The summed E-state index contributed by atoms with van der Waals surface area (Å²) in [5.74, 6) is -0.557. The van der Waals surface area contributed by atoms with Crippen LogP contribution in [0, 0.1) is 0 Å². The highest BCUT2D eigenvalue weighted by Gasteiger charge is 2.18. The van der Waals surface area contributed by atoms with E-state index in [1.54, 1.807) is 42.5 Å². The van der Waals surface area contributed by atoms with Crippen LogP contribution in [0.15, 0.2) is 54.6 Å². The monoisotopic (exact) mass is 356 g/mol. The molecule has 25 heavy (non-hydrogen) atoms. The summed E-state index contributed by atoms with van der Waals surface area (Å²) in [5, 5.41) is 6.24. The molecule has 2 N–H and O–H groups in total. The van der Waals surface area contributed by atoms with Crippen LogP contribution in [0.1, 0.15) is 36.7 Å². The van der Waals surface area contributed by atoms with Crippen molar-refractivity contribution >= 4 is 35.2 Å². The number of carbonyl (C=O) groups excluding carboxylic acids is 2. The Balaban J connectivity index is 2.12. The van der Waals surface area contributed by atoms with Gasteiger partial charge in [0.15, 0.2) is 0 Å². The number of para-hydroxylation sites is 1. The second-order valence-corrected chi connectivity index (χ2v) is 7.06. The lowest BCUT2D eigenvalue weighted by Crippen LogP contribution is -2.40. The average molecular weight is 357 g/mol. The Morgan fingerprint density at radius 3 is 2.44 bits per heavy atom. The molecule has 130 valence electrons. The van der Waals surface area contributed by atoms with Crippen molar-refractivity contribution in [2.45, 2.75) is 26.3 Å². The lowest BCUT2D eigenvalue weighted by atomic mass is 10.1. The van der Waals surface area contributed by atoms with Crippen LogP contribution in [-0.2, 0) is 4.79 Å². The van der Waals surface area contributed by atoms with E-state index >= 15 is 0 Å². The van der Waals surface area contributed by atoms with Crippen LogP contribution < -0.4 is 10.6 Å². The van der Waals surface area contributed by atoms with E-state index in [1.165, 1.54) is 6.08 Å². The van der Waals surface area contributed by atoms with Crippen LogP contribution in [0.3, 0.4) is 0 Å². The first-order valence-electron chi connectivity index (χ1n) is 7.91. The molecule has 2 rings (SSSR count). The standard InChI is InChI=1S/C20H21ClN2O2/c1-20(2,3)23-19(25)16-9-4-5-10-17(16)22-18(24)12-11-14-7-6-8-15(21)13-14/h4-13H,1-3H3,(H,22,24)(H,23,25)/b12-11+. The number of hydrogen-bond acceptors (Lipinski definition) is 2. The van der Waals surface area contributed by atoms with Gasteiger partial charge in [-0.1, -0.05) is 35.9 Å². The van der Waals surface area contributed by atoms with Crippen LogP contribution in [0.2, 0.25) is 5.02 Å². The summed E-state index contributed by atoms with van der Waals surface area (Å²) in [4.78, 5) is 24.6. The van der Waals surface area contributed by atoms with Gasteiger partial charge in [-0.05, 0) is 56.7 Å². The number of hydrogen-bond donors (Lipinski definition) is 2. The van der Waals surface area contributed by atoms with Gasteiger partial charge in [-0.25, -0.2) is 0 Å². The average Bonchev–Trinajstić information content (AvgIpc) is 2.52. The minimum absolute atomic E-state index is 0.234. The highest BCUT2D eigenvalue weighted by Crippen LogP contribution is 2.17. The van der Waals surface area contributed by atoms with E-state index in [9.17, 15) is 9.59 Å². The third-order valence-electron chi connectivity index (χ3n) is 3.19. The van der Waals surface area contributed by atoms with Gasteiger partial charge < -0.3 is 10.6 Å². The van der Waals surface area contributed by atoms with Crippen molar-refractivity contribution in [2.75, 3.05) is 5.32 Å².